The van der Waals surface area contributed by atoms with Gasteiger partial charge in [-0.25, -0.2) is 4.79 Å². The van der Waals surface area contributed by atoms with Gasteiger partial charge in [-0.1, -0.05) is 6.07 Å². The molecule has 2 aliphatic heterocycles. The van der Waals surface area contributed by atoms with E-state index in [2.05, 4.69) is 0 Å². The molecular weight excluding hydrogens is 296 g/mol. The summed E-state index contributed by atoms with van der Waals surface area (Å²) in [5.74, 6) is -0.672. The lowest BCUT2D eigenvalue weighted by Gasteiger charge is -2.37. The van der Waals surface area contributed by atoms with Gasteiger partial charge in [0, 0.05) is 32.9 Å². The van der Waals surface area contributed by atoms with Crippen LogP contribution in [0.4, 0.5) is 10.5 Å². The second-order valence-electron chi connectivity index (χ2n) is 6.17. The molecule has 1 saturated heterocycles. The van der Waals surface area contributed by atoms with E-state index in [9.17, 15) is 14.4 Å². The van der Waals surface area contributed by atoms with E-state index in [1.54, 1.807) is 37.2 Å². The molecule has 2 heterocycles. The van der Waals surface area contributed by atoms with Gasteiger partial charge in [0.1, 0.15) is 0 Å². The van der Waals surface area contributed by atoms with E-state index in [0.29, 0.717) is 30.8 Å². The Morgan fingerprint density at radius 2 is 2.00 bits per heavy atom. The van der Waals surface area contributed by atoms with Crippen molar-refractivity contribution in [2.75, 3.05) is 32.9 Å². The Bertz CT molecular complexity index is 686. The largest absolute Gasteiger partial charge is 0.398 e. The number of amides is 4. The molecule has 3 rings (SSSR count). The van der Waals surface area contributed by atoms with Crippen molar-refractivity contribution in [2.24, 2.45) is 0 Å². The first kappa shape index (κ1) is 15.3. The SMILES string of the molecule is CN(C)C(=O)N1CCC[C@H](N2C(=O)c3cccc(N)c3C2=O)C1. The van der Waals surface area contributed by atoms with E-state index < -0.39 is 0 Å². The van der Waals surface area contributed by atoms with Crippen LogP contribution in [-0.4, -0.2) is 65.8 Å². The minimum Gasteiger partial charge on any atom is -0.398 e. The molecule has 0 unspecified atom stereocenters. The predicted octanol–water partition coefficient (Wildman–Crippen LogP) is 1.01. The molecule has 0 spiro atoms. The maximum atomic E-state index is 12.6. The number of benzene rings is 1. The minimum atomic E-state index is -0.354. The number of rotatable bonds is 1. The fraction of sp³-hybridized carbons (Fsp3) is 0.438. The van der Waals surface area contributed by atoms with Crippen LogP contribution in [0.3, 0.4) is 0 Å². The number of urea groups is 1. The molecule has 0 bridgehead atoms. The summed E-state index contributed by atoms with van der Waals surface area (Å²) in [4.78, 5) is 41.8. The number of nitrogens with two attached hydrogens (primary N) is 1. The first-order chi connectivity index (χ1) is 10.9. The van der Waals surface area contributed by atoms with Gasteiger partial charge in [-0.15, -0.1) is 0 Å². The number of nitrogen functional groups attached to an aromatic ring is 1. The third-order valence-corrected chi connectivity index (χ3v) is 4.39. The van der Waals surface area contributed by atoms with Gasteiger partial charge < -0.3 is 15.5 Å². The Hall–Kier alpha value is -2.57. The highest BCUT2D eigenvalue weighted by atomic mass is 16.2. The Labute approximate surface area is 134 Å². The molecule has 7 nitrogen and oxygen atoms in total. The second kappa shape index (κ2) is 5.57. The number of hydrogen-bond donors (Lipinski definition) is 1. The Morgan fingerprint density at radius 3 is 2.65 bits per heavy atom. The molecule has 1 aromatic carbocycles. The molecule has 0 radical (unpaired) electrons. The van der Waals surface area contributed by atoms with Crippen molar-refractivity contribution >= 4 is 23.5 Å². The van der Waals surface area contributed by atoms with Gasteiger partial charge in [-0.05, 0) is 25.0 Å². The quantitative estimate of drug-likeness (QED) is 0.619. The zero-order valence-corrected chi connectivity index (χ0v) is 13.3. The summed E-state index contributed by atoms with van der Waals surface area (Å²) in [6.45, 7) is 1.00. The smallest absolute Gasteiger partial charge is 0.319 e. The molecule has 0 aliphatic carbocycles. The third-order valence-electron chi connectivity index (χ3n) is 4.39. The van der Waals surface area contributed by atoms with E-state index in [1.165, 1.54) is 9.80 Å². The number of piperidine rings is 1. The Morgan fingerprint density at radius 1 is 1.26 bits per heavy atom. The maximum Gasteiger partial charge on any atom is 0.319 e. The molecule has 0 aromatic heterocycles. The normalized spacial score (nSPS) is 20.7. The van der Waals surface area contributed by atoms with Crippen LogP contribution in [0.15, 0.2) is 18.2 Å². The highest BCUT2D eigenvalue weighted by molar-refractivity contribution is 6.23. The molecule has 1 atom stereocenters. The summed E-state index contributed by atoms with van der Waals surface area (Å²) >= 11 is 0. The Kier molecular flexibility index (Phi) is 3.71. The van der Waals surface area contributed by atoms with Crippen LogP contribution in [0.5, 0.6) is 0 Å². The zero-order chi connectivity index (χ0) is 16.7. The second-order valence-corrected chi connectivity index (χ2v) is 6.17. The summed E-state index contributed by atoms with van der Waals surface area (Å²) in [6, 6.07) is 4.50. The van der Waals surface area contributed by atoms with Crippen molar-refractivity contribution < 1.29 is 14.4 Å². The number of carbonyl (C=O) groups excluding carboxylic acids is 3. The first-order valence-corrected chi connectivity index (χ1v) is 7.64. The number of nitrogens with zero attached hydrogens (tertiary/aromatic N) is 3. The van der Waals surface area contributed by atoms with Crippen LogP contribution >= 0.6 is 0 Å². The number of carbonyl (C=O) groups is 3. The van der Waals surface area contributed by atoms with Crippen molar-refractivity contribution in [1.82, 2.24) is 14.7 Å². The summed E-state index contributed by atoms with van der Waals surface area (Å²) < 4.78 is 0. The van der Waals surface area contributed by atoms with E-state index >= 15 is 0 Å². The van der Waals surface area contributed by atoms with Gasteiger partial charge in [-0.3, -0.25) is 14.5 Å². The number of fused-ring (bicyclic) bond motifs is 1. The molecule has 2 aliphatic rings. The summed E-state index contributed by atoms with van der Waals surface area (Å²) in [7, 11) is 3.38. The predicted molar refractivity (Wildman–Crippen MR) is 85.0 cm³/mol. The standard InChI is InChI=1S/C16H20N4O3/c1-18(2)16(23)19-8-4-5-10(9-19)20-14(21)11-6-3-7-12(17)13(11)15(20)22/h3,6-7,10H,4-5,8-9,17H2,1-2H3/t10-/m0/s1. The van der Waals surface area contributed by atoms with E-state index in [4.69, 9.17) is 5.73 Å². The number of imide groups is 1. The fourth-order valence-corrected chi connectivity index (χ4v) is 3.28. The van der Waals surface area contributed by atoms with E-state index in [-0.39, 0.29) is 29.5 Å². The van der Waals surface area contributed by atoms with Gasteiger partial charge in [0.25, 0.3) is 11.8 Å². The number of anilines is 1. The molecule has 0 saturated carbocycles. The van der Waals surface area contributed by atoms with Gasteiger partial charge in [0.05, 0.1) is 17.2 Å². The minimum absolute atomic E-state index is 0.106. The highest BCUT2D eigenvalue weighted by Crippen LogP contribution is 2.31. The monoisotopic (exact) mass is 316 g/mol. The van der Waals surface area contributed by atoms with Crippen LogP contribution in [-0.2, 0) is 0 Å². The summed E-state index contributed by atoms with van der Waals surface area (Å²) in [6.07, 6.45) is 1.45. The molecule has 4 amide bonds. The lowest BCUT2D eigenvalue weighted by Crippen LogP contribution is -2.53. The first-order valence-electron chi connectivity index (χ1n) is 7.64. The zero-order valence-electron chi connectivity index (χ0n) is 13.3. The van der Waals surface area contributed by atoms with Crippen molar-refractivity contribution in [1.29, 1.82) is 0 Å². The summed E-state index contributed by atoms with van der Waals surface area (Å²) in [5.41, 5.74) is 6.82. The van der Waals surface area contributed by atoms with Crippen molar-refractivity contribution in [3.8, 4) is 0 Å². The van der Waals surface area contributed by atoms with Gasteiger partial charge in [0.2, 0.25) is 0 Å². The van der Waals surface area contributed by atoms with Gasteiger partial charge in [0.15, 0.2) is 0 Å². The van der Waals surface area contributed by atoms with Crippen LogP contribution < -0.4 is 5.73 Å². The molecule has 1 aromatic rings. The topological polar surface area (TPSA) is 87.0 Å². The lowest BCUT2D eigenvalue weighted by molar-refractivity contribution is 0.0495. The van der Waals surface area contributed by atoms with E-state index in [1.807, 2.05) is 0 Å². The number of hydrogen-bond acceptors (Lipinski definition) is 4. The van der Waals surface area contributed by atoms with Crippen LogP contribution in [0, 0.1) is 0 Å². The fourth-order valence-electron chi connectivity index (χ4n) is 3.28. The van der Waals surface area contributed by atoms with Gasteiger partial charge >= 0.3 is 6.03 Å². The van der Waals surface area contributed by atoms with Crippen molar-refractivity contribution in [2.45, 2.75) is 18.9 Å². The van der Waals surface area contributed by atoms with Crippen molar-refractivity contribution in [3.63, 3.8) is 0 Å². The van der Waals surface area contributed by atoms with Crippen LogP contribution in [0.1, 0.15) is 33.6 Å². The molecule has 2 N–H and O–H groups in total. The molecule has 7 heteroatoms. The third kappa shape index (κ3) is 2.42. The van der Waals surface area contributed by atoms with E-state index in [0.717, 1.165) is 6.42 Å². The Balaban J connectivity index is 1.86. The molecule has 122 valence electrons. The average Bonchev–Trinajstić information content (AvgIpc) is 2.79. The molecule has 23 heavy (non-hydrogen) atoms. The van der Waals surface area contributed by atoms with Gasteiger partial charge in [-0.2, -0.15) is 0 Å². The molecular formula is C16H20N4O3. The van der Waals surface area contributed by atoms with Crippen LogP contribution in [0.25, 0.3) is 0 Å². The average molecular weight is 316 g/mol. The molecule has 1 fully saturated rings. The lowest BCUT2D eigenvalue weighted by atomic mass is 10.0. The summed E-state index contributed by atoms with van der Waals surface area (Å²) in [5, 5.41) is 0. The maximum absolute atomic E-state index is 12.6. The van der Waals surface area contributed by atoms with Crippen molar-refractivity contribution in [3.05, 3.63) is 29.3 Å². The highest BCUT2D eigenvalue weighted by Gasteiger charge is 2.42. The number of likely N-dealkylation sites (tertiary alicyclic amines) is 1. The van der Waals surface area contributed by atoms with Crippen LogP contribution in [0.2, 0.25) is 0 Å².